The number of phenols is 1. The first-order valence-corrected chi connectivity index (χ1v) is 11.9. The molecule has 32 heavy (non-hydrogen) atoms. The first kappa shape index (κ1) is 22.4. The lowest BCUT2D eigenvalue weighted by Gasteiger charge is -2.46. The van der Waals surface area contributed by atoms with Crippen LogP contribution in [0.2, 0.25) is 0 Å². The highest BCUT2D eigenvalue weighted by Crippen LogP contribution is 2.54. The molecule has 0 bridgehead atoms. The van der Waals surface area contributed by atoms with Crippen molar-refractivity contribution in [2.24, 2.45) is 5.92 Å². The van der Waals surface area contributed by atoms with E-state index < -0.39 is 0 Å². The summed E-state index contributed by atoms with van der Waals surface area (Å²) >= 11 is 0. The van der Waals surface area contributed by atoms with Crippen molar-refractivity contribution in [3.05, 3.63) is 64.7 Å². The fourth-order valence-corrected chi connectivity index (χ4v) is 5.34. The largest absolute Gasteiger partial charge is 0.507 e. The Bertz CT molecular complexity index is 1020. The molecule has 2 aromatic carbocycles. The van der Waals surface area contributed by atoms with Crippen molar-refractivity contribution in [1.82, 2.24) is 0 Å². The molecule has 2 unspecified atom stereocenters. The molecule has 0 aromatic heterocycles. The predicted molar refractivity (Wildman–Crippen MR) is 130 cm³/mol. The molecule has 170 valence electrons. The number of para-hydroxylation sites is 1. The van der Waals surface area contributed by atoms with E-state index in [4.69, 9.17) is 4.74 Å². The van der Waals surface area contributed by atoms with E-state index in [0.717, 1.165) is 61.1 Å². The molecule has 0 fully saturated rings. The lowest BCUT2D eigenvalue weighted by Crippen LogP contribution is -2.45. The van der Waals surface area contributed by atoms with Crippen molar-refractivity contribution in [3.63, 3.8) is 0 Å². The molecule has 0 radical (unpaired) electrons. The minimum Gasteiger partial charge on any atom is -0.507 e. The van der Waals surface area contributed by atoms with Gasteiger partial charge in [-0.1, -0.05) is 49.6 Å². The molecule has 0 saturated carbocycles. The van der Waals surface area contributed by atoms with Gasteiger partial charge in [0.25, 0.3) is 5.91 Å². The Hall–Kier alpha value is -2.75. The van der Waals surface area contributed by atoms with Crippen LogP contribution in [0.1, 0.15) is 87.2 Å². The van der Waals surface area contributed by atoms with E-state index in [1.807, 2.05) is 36.4 Å². The van der Waals surface area contributed by atoms with Gasteiger partial charge in [-0.05, 0) is 70.2 Å². The summed E-state index contributed by atoms with van der Waals surface area (Å²) in [6.07, 6.45) is 8.21. The predicted octanol–water partition coefficient (Wildman–Crippen LogP) is 6.99. The third kappa shape index (κ3) is 4.28. The molecule has 2 atom stereocenters. The van der Waals surface area contributed by atoms with Gasteiger partial charge in [0.15, 0.2) is 0 Å². The Labute approximate surface area is 191 Å². The molecule has 2 aromatic rings. The number of nitrogens with one attached hydrogen (secondary N) is 1. The lowest BCUT2D eigenvalue weighted by atomic mass is 9.67. The van der Waals surface area contributed by atoms with Gasteiger partial charge < -0.3 is 15.2 Å². The number of rotatable bonds is 6. The van der Waals surface area contributed by atoms with E-state index in [1.54, 1.807) is 0 Å². The Morgan fingerprint density at radius 1 is 1.22 bits per heavy atom. The molecule has 4 rings (SSSR count). The number of unbranched alkanes of at least 4 members (excludes halogenated alkanes) is 2. The van der Waals surface area contributed by atoms with Gasteiger partial charge >= 0.3 is 0 Å². The molecule has 2 aliphatic rings. The van der Waals surface area contributed by atoms with Crippen LogP contribution in [0.4, 0.5) is 5.69 Å². The van der Waals surface area contributed by atoms with Crippen LogP contribution >= 0.6 is 0 Å². The molecular formula is C28H35NO3. The summed E-state index contributed by atoms with van der Waals surface area (Å²) in [5.74, 6) is 0.860. The molecule has 1 aliphatic heterocycles. The number of allylic oxidation sites excluding steroid dienone is 2. The van der Waals surface area contributed by atoms with Crippen LogP contribution in [0, 0.1) is 5.92 Å². The fourth-order valence-electron chi connectivity index (χ4n) is 5.34. The summed E-state index contributed by atoms with van der Waals surface area (Å²) in [6.45, 7) is 8.60. The van der Waals surface area contributed by atoms with E-state index in [1.165, 1.54) is 5.57 Å². The smallest absolute Gasteiger partial charge is 0.259 e. The van der Waals surface area contributed by atoms with Gasteiger partial charge in [-0.3, -0.25) is 4.79 Å². The van der Waals surface area contributed by atoms with Crippen molar-refractivity contribution in [3.8, 4) is 11.5 Å². The van der Waals surface area contributed by atoms with Gasteiger partial charge in [-0.25, -0.2) is 0 Å². The van der Waals surface area contributed by atoms with Crippen molar-refractivity contribution >= 4 is 11.6 Å². The van der Waals surface area contributed by atoms with Crippen LogP contribution in [0.3, 0.4) is 0 Å². The van der Waals surface area contributed by atoms with Crippen molar-refractivity contribution in [1.29, 1.82) is 0 Å². The maximum Gasteiger partial charge on any atom is 0.259 e. The standard InChI is InChI=1S/C28H35NO3/c1-5-6-8-11-19-17-23-25(21-16-18(2)14-15-22(21)28(3,4)32-23)26(30)24(19)27(31)29-20-12-9-7-10-13-20/h7,9-10,12-13,16-17,21-22,30H,5-6,8,11,14-15H2,1-4H3,(H,29,31). The maximum atomic E-state index is 13.4. The summed E-state index contributed by atoms with van der Waals surface area (Å²) < 4.78 is 6.48. The van der Waals surface area contributed by atoms with E-state index in [0.29, 0.717) is 5.56 Å². The number of hydrogen-bond donors (Lipinski definition) is 2. The SMILES string of the molecule is CCCCCc1cc2c(c(O)c1C(=O)Nc1ccccc1)C1C=C(C)CCC1C(C)(C)O2. The number of ether oxygens (including phenoxy) is 1. The van der Waals surface area contributed by atoms with E-state index in [2.05, 4.69) is 39.1 Å². The average Bonchev–Trinajstić information content (AvgIpc) is 2.73. The van der Waals surface area contributed by atoms with Crippen molar-refractivity contribution < 1.29 is 14.6 Å². The van der Waals surface area contributed by atoms with Crippen LogP contribution in [-0.4, -0.2) is 16.6 Å². The summed E-state index contributed by atoms with van der Waals surface area (Å²) in [6, 6.07) is 11.4. The number of aryl methyl sites for hydroxylation is 1. The molecule has 4 heteroatoms. The van der Waals surface area contributed by atoms with Crippen LogP contribution < -0.4 is 10.1 Å². The summed E-state index contributed by atoms with van der Waals surface area (Å²) in [5.41, 5.74) is 3.74. The summed E-state index contributed by atoms with van der Waals surface area (Å²) in [4.78, 5) is 13.4. The topological polar surface area (TPSA) is 58.6 Å². The minimum absolute atomic E-state index is 0.0514. The number of benzene rings is 2. The molecule has 0 spiro atoms. The Kier molecular flexibility index (Phi) is 6.32. The second-order valence-electron chi connectivity index (χ2n) is 9.84. The number of phenolic OH excluding ortho intramolecular Hbond substituents is 1. The third-order valence-corrected chi connectivity index (χ3v) is 7.04. The number of aromatic hydroxyl groups is 1. The normalized spacial score (nSPS) is 21.1. The lowest BCUT2D eigenvalue weighted by molar-refractivity contribution is 0.0107. The van der Waals surface area contributed by atoms with Gasteiger partial charge in [-0.15, -0.1) is 0 Å². The van der Waals surface area contributed by atoms with Gasteiger partial charge in [0.1, 0.15) is 17.1 Å². The Morgan fingerprint density at radius 3 is 2.69 bits per heavy atom. The summed E-state index contributed by atoms with van der Waals surface area (Å²) in [7, 11) is 0. The molecule has 1 aliphatic carbocycles. The van der Waals surface area contributed by atoms with Gasteiger partial charge in [0.2, 0.25) is 0 Å². The molecule has 2 N–H and O–H groups in total. The van der Waals surface area contributed by atoms with E-state index >= 15 is 0 Å². The zero-order valence-corrected chi connectivity index (χ0v) is 19.7. The highest BCUT2D eigenvalue weighted by Gasteiger charge is 2.46. The highest BCUT2D eigenvalue weighted by molar-refractivity contribution is 6.07. The van der Waals surface area contributed by atoms with Crippen molar-refractivity contribution in [2.75, 3.05) is 5.32 Å². The second kappa shape index (κ2) is 9.01. The fraction of sp³-hybridized carbons (Fsp3) is 0.464. The zero-order valence-electron chi connectivity index (χ0n) is 19.7. The van der Waals surface area contributed by atoms with Gasteiger partial charge in [-0.2, -0.15) is 0 Å². The number of anilines is 1. The second-order valence-corrected chi connectivity index (χ2v) is 9.84. The number of carbonyl (C=O) groups is 1. The van der Waals surface area contributed by atoms with Gasteiger partial charge in [0.05, 0.1) is 5.56 Å². The zero-order chi connectivity index (χ0) is 22.9. The first-order chi connectivity index (χ1) is 15.3. The van der Waals surface area contributed by atoms with Crippen LogP contribution in [0.15, 0.2) is 48.0 Å². The number of carbonyl (C=O) groups excluding carboxylic acids is 1. The highest BCUT2D eigenvalue weighted by atomic mass is 16.5. The molecule has 4 nitrogen and oxygen atoms in total. The maximum absolute atomic E-state index is 13.4. The third-order valence-electron chi connectivity index (χ3n) is 7.04. The molecule has 1 heterocycles. The van der Waals surface area contributed by atoms with Crippen LogP contribution in [0.25, 0.3) is 0 Å². The number of amides is 1. The molecule has 0 saturated heterocycles. The summed E-state index contributed by atoms with van der Waals surface area (Å²) in [5, 5.41) is 14.5. The van der Waals surface area contributed by atoms with Gasteiger partial charge in [0, 0.05) is 23.1 Å². The average molecular weight is 434 g/mol. The molecule has 1 amide bonds. The number of fused-ring (bicyclic) bond motifs is 3. The van der Waals surface area contributed by atoms with E-state index in [9.17, 15) is 9.90 Å². The number of hydrogen-bond acceptors (Lipinski definition) is 3. The quantitative estimate of drug-likeness (QED) is 0.381. The van der Waals surface area contributed by atoms with Crippen LogP contribution in [-0.2, 0) is 6.42 Å². The van der Waals surface area contributed by atoms with Crippen molar-refractivity contribution in [2.45, 2.75) is 77.7 Å². The Balaban J connectivity index is 1.82. The minimum atomic E-state index is -0.324. The van der Waals surface area contributed by atoms with Crippen LogP contribution in [0.5, 0.6) is 11.5 Å². The Morgan fingerprint density at radius 2 is 1.97 bits per heavy atom. The van der Waals surface area contributed by atoms with E-state index in [-0.39, 0.29) is 29.1 Å². The first-order valence-electron chi connectivity index (χ1n) is 11.9. The monoisotopic (exact) mass is 433 g/mol. The molecular weight excluding hydrogens is 398 g/mol.